The molecule has 1 aliphatic rings. The number of furan rings is 1. The number of carbonyl (C=O) groups is 1. The second-order valence-corrected chi connectivity index (χ2v) is 3.26. The molecule has 0 amide bonds. The molecular formula is C10H12NO2. The summed E-state index contributed by atoms with van der Waals surface area (Å²) in [6.07, 6.45) is 4.61. The maximum Gasteiger partial charge on any atom is 0.216 e. The van der Waals surface area contributed by atoms with Gasteiger partial charge in [-0.25, -0.2) is 5.32 Å². The first kappa shape index (κ1) is 8.51. The van der Waals surface area contributed by atoms with E-state index in [1.807, 2.05) is 0 Å². The molecule has 1 aromatic rings. The molecule has 2 rings (SSSR count). The Morgan fingerprint density at radius 1 is 1.54 bits per heavy atom. The van der Waals surface area contributed by atoms with Crippen LogP contribution in [0.5, 0.6) is 0 Å². The van der Waals surface area contributed by atoms with Crippen molar-refractivity contribution in [3.8, 4) is 0 Å². The highest BCUT2D eigenvalue weighted by molar-refractivity contribution is 5.97. The second-order valence-electron chi connectivity index (χ2n) is 3.26. The van der Waals surface area contributed by atoms with Gasteiger partial charge in [0, 0.05) is 6.54 Å². The number of carbonyl (C=O) groups excluding carboxylic acids is 1. The van der Waals surface area contributed by atoms with Crippen LogP contribution < -0.4 is 5.32 Å². The van der Waals surface area contributed by atoms with E-state index in [0.717, 1.165) is 25.8 Å². The van der Waals surface area contributed by atoms with Gasteiger partial charge in [0.05, 0.1) is 12.3 Å². The predicted octanol–water partition coefficient (Wildman–Crippen LogP) is 1.62. The summed E-state index contributed by atoms with van der Waals surface area (Å²) in [5.41, 5.74) is 0. The Bertz CT molecular complexity index is 273. The molecule has 0 aromatic carbocycles. The van der Waals surface area contributed by atoms with Gasteiger partial charge in [-0.3, -0.25) is 4.79 Å². The zero-order chi connectivity index (χ0) is 9.10. The minimum atomic E-state index is -0.153. The van der Waals surface area contributed by atoms with E-state index in [9.17, 15) is 4.79 Å². The van der Waals surface area contributed by atoms with E-state index >= 15 is 0 Å². The minimum absolute atomic E-state index is 0.0321. The van der Waals surface area contributed by atoms with Gasteiger partial charge in [0.1, 0.15) is 0 Å². The van der Waals surface area contributed by atoms with E-state index in [-0.39, 0.29) is 11.8 Å². The first-order valence-corrected chi connectivity index (χ1v) is 4.62. The Kier molecular flexibility index (Phi) is 2.45. The monoisotopic (exact) mass is 178 g/mol. The van der Waals surface area contributed by atoms with Crippen molar-refractivity contribution < 1.29 is 9.21 Å². The lowest BCUT2D eigenvalue weighted by Crippen LogP contribution is -2.34. The smallest absolute Gasteiger partial charge is 0.216 e. The van der Waals surface area contributed by atoms with Crippen LogP contribution in [0, 0.1) is 0 Å². The number of Topliss-reactive ketones (excluding diaryl/α,β-unsaturated/α-hetero) is 1. The van der Waals surface area contributed by atoms with E-state index in [1.54, 1.807) is 12.1 Å². The zero-order valence-corrected chi connectivity index (χ0v) is 7.40. The summed E-state index contributed by atoms with van der Waals surface area (Å²) in [5.74, 6) is 0.473. The molecule has 13 heavy (non-hydrogen) atoms. The van der Waals surface area contributed by atoms with Crippen molar-refractivity contribution >= 4 is 5.78 Å². The lowest BCUT2D eigenvalue weighted by molar-refractivity contribution is 0.0896. The maximum atomic E-state index is 11.7. The molecule has 1 atom stereocenters. The predicted molar refractivity (Wildman–Crippen MR) is 47.7 cm³/mol. The summed E-state index contributed by atoms with van der Waals surface area (Å²) in [6.45, 7) is 0.817. The summed E-state index contributed by atoms with van der Waals surface area (Å²) in [7, 11) is 0. The molecule has 0 saturated carbocycles. The fourth-order valence-electron chi connectivity index (χ4n) is 1.58. The van der Waals surface area contributed by atoms with E-state index < -0.39 is 0 Å². The Balaban J connectivity index is 2.04. The van der Waals surface area contributed by atoms with Gasteiger partial charge in [0.15, 0.2) is 5.76 Å². The molecule has 1 aromatic heterocycles. The van der Waals surface area contributed by atoms with Gasteiger partial charge < -0.3 is 4.42 Å². The van der Waals surface area contributed by atoms with E-state index in [4.69, 9.17) is 4.42 Å². The van der Waals surface area contributed by atoms with Crippen LogP contribution in [0.25, 0.3) is 0 Å². The maximum absolute atomic E-state index is 11.7. The van der Waals surface area contributed by atoms with Crippen LogP contribution in [0.4, 0.5) is 0 Å². The molecule has 1 saturated heterocycles. The highest BCUT2D eigenvalue weighted by atomic mass is 16.3. The van der Waals surface area contributed by atoms with Crippen LogP contribution in [0.1, 0.15) is 29.8 Å². The zero-order valence-electron chi connectivity index (χ0n) is 7.40. The molecule has 1 aliphatic heterocycles. The van der Waals surface area contributed by atoms with Crippen LogP contribution in [0.15, 0.2) is 22.8 Å². The number of hydrogen-bond acceptors (Lipinski definition) is 2. The number of piperidine rings is 1. The van der Waals surface area contributed by atoms with Crippen LogP contribution in [-0.4, -0.2) is 18.4 Å². The van der Waals surface area contributed by atoms with Gasteiger partial charge in [-0.15, -0.1) is 0 Å². The Morgan fingerprint density at radius 3 is 3.08 bits per heavy atom. The quantitative estimate of drug-likeness (QED) is 0.646. The average Bonchev–Trinajstić information content (AvgIpc) is 2.71. The lowest BCUT2D eigenvalue weighted by Gasteiger charge is -2.18. The molecule has 2 heterocycles. The summed E-state index contributed by atoms with van der Waals surface area (Å²) in [4.78, 5) is 11.7. The van der Waals surface area contributed by atoms with Crippen molar-refractivity contribution in [2.24, 2.45) is 0 Å². The third-order valence-corrected chi connectivity index (χ3v) is 2.30. The van der Waals surface area contributed by atoms with Gasteiger partial charge in [-0.05, 0) is 25.0 Å². The summed E-state index contributed by atoms with van der Waals surface area (Å²) >= 11 is 0. The van der Waals surface area contributed by atoms with Crippen molar-refractivity contribution in [3.05, 3.63) is 24.2 Å². The van der Waals surface area contributed by atoms with Crippen LogP contribution in [-0.2, 0) is 0 Å². The first-order valence-electron chi connectivity index (χ1n) is 4.62. The fraction of sp³-hybridized carbons (Fsp3) is 0.500. The summed E-state index contributed by atoms with van der Waals surface area (Å²) < 4.78 is 5.04. The molecule has 1 radical (unpaired) electrons. The van der Waals surface area contributed by atoms with Gasteiger partial charge >= 0.3 is 0 Å². The molecule has 1 unspecified atom stereocenters. The van der Waals surface area contributed by atoms with Crippen molar-refractivity contribution in [3.63, 3.8) is 0 Å². The molecule has 3 heteroatoms. The van der Waals surface area contributed by atoms with Gasteiger partial charge in [0.2, 0.25) is 5.78 Å². The molecule has 0 spiro atoms. The molecule has 0 N–H and O–H groups in total. The number of nitrogens with zero attached hydrogens (tertiary/aromatic N) is 1. The third kappa shape index (κ3) is 1.80. The first-order chi connectivity index (χ1) is 6.38. The van der Waals surface area contributed by atoms with E-state index in [2.05, 4.69) is 5.32 Å². The molecule has 0 bridgehead atoms. The van der Waals surface area contributed by atoms with Crippen molar-refractivity contribution in [2.75, 3.05) is 6.54 Å². The highest BCUT2D eigenvalue weighted by Gasteiger charge is 2.24. The van der Waals surface area contributed by atoms with Crippen LogP contribution in [0.3, 0.4) is 0 Å². The van der Waals surface area contributed by atoms with Crippen molar-refractivity contribution in [1.82, 2.24) is 5.32 Å². The van der Waals surface area contributed by atoms with E-state index in [0.29, 0.717) is 5.76 Å². The largest absolute Gasteiger partial charge is 0.461 e. The summed E-state index contributed by atoms with van der Waals surface area (Å²) in [5, 5.41) is 4.28. The van der Waals surface area contributed by atoms with E-state index in [1.165, 1.54) is 6.26 Å². The normalized spacial score (nSPS) is 22.9. The topological polar surface area (TPSA) is 44.3 Å². The van der Waals surface area contributed by atoms with Gasteiger partial charge in [-0.1, -0.05) is 6.42 Å². The summed E-state index contributed by atoms with van der Waals surface area (Å²) in [6, 6.07) is 3.28. The second kappa shape index (κ2) is 3.75. The Morgan fingerprint density at radius 2 is 2.46 bits per heavy atom. The SMILES string of the molecule is O=C(c1ccco1)C1CCCC[N]1. The molecule has 1 fully saturated rings. The molecule has 0 aliphatic carbocycles. The van der Waals surface area contributed by atoms with Crippen LogP contribution in [0.2, 0.25) is 0 Å². The fourth-order valence-corrected chi connectivity index (χ4v) is 1.58. The molecular weight excluding hydrogens is 166 g/mol. The number of ketones is 1. The Hall–Kier alpha value is -1.09. The molecule has 69 valence electrons. The minimum Gasteiger partial charge on any atom is -0.461 e. The lowest BCUT2D eigenvalue weighted by atomic mass is 10.00. The van der Waals surface area contributed by atoms with Gasteiger partial charge in [0.25, 0.3) is 0 Å². The molecule has 3 nitrogen and oxygen atoms in total. The number of rotatable bonds is 2. The van der Waals surface area contributed by atoms with Gasteiger partial charge in [-0.2, -0.15) is 0 Å². The number of hydrogen-bond donors (Lipinski definition) is 0. The Labute approximate surface area is 77.1 Å². The standard InChI is InChI=1S/C10H12NO2/c12-10(9-5-3-7-13-9)8-4-1-2-6-11-8/h3,5,7-8H,1-2,4,6H2. The third-order valence-electron chi connectivity index (χ3n) is 2.30. The van der Waals surface area contributed by atoms with Crippen LogP contribution >= 0.6 is 0 Å². The van der Waals surface area contributed by atoms with Crippen molar-refractivity contribution in [2.45, 2.75) is 25.3 Å². The van der Waals surface area contributed by atoms with Crippen molar-refractivity contribution in [1.29, 1.82) is 0 Å². The highest BCUT2D eigenvalue weighted by Crippen LogP contribution is 2.14. The average molecular weight is 178 g/mol.